The molecule has 4 heteroatoms. The highest BCUT2D eigenvalue weighted by molar-refractivity contribution is 7.16. The van der Waals surface area contributed by atoms with Crippen molar-refractivity contribution in [2.45, 2.75) is 25.9 Å². The van der Waals surface area contributed by atoms with Crippen molar-refractivity contribution in [1.29, 1.82) is 0 Å². The minimum atomic E-state index is 0.535. The first-order valence-corrected chi connectivity index (χ1v) is 6.98. The third-order valence-electron chi connectivity index (χ3n) is 3.14. The lowest BCUT2D eigenvalue weighted by Gasteiger charge is -2.24. The molecule has 0 radical (unpaired) electrons. The molecule has 0 aromatic carbocycles. The molecule has 2 heterocycles. The number of nitrogens with zero attached hydrogens (tertiary/aromatic N) is 1. The van der Waals surface area contributed by atoms with Crippen molar-refractivity contribution in [3.63, 3.8) is 0 Å². The van der Waals surface area contributed by atoms with Crippen molar-refractivity contribution in [3.05, 3.63) is 21.3 Å². The molecule has 1 aliphatic rings. The SMILES string of the molecule is CC1CCN(Cc2ccc(Cl)s2)C1CCl. The summed E-state index contributed by atoms with van der Waals surface area (Å²) in [5, 5.41) is 0. The van der Waals surface area contributed by atoms with E-state index in [0.29, 0.717) is 6.04 Å². The van der Waals surface area contributed by atoms with Crippen LogP contribution in [-0.2, 0) is 6.54 Å². The van der Waals surface area contributed by atoms with Crippen molar-refractivity contribution < 1.29 is 0 Å². The van der Waals surface area contributed by atoms with E-state index in [2.05, 4.69) is 17.9 Å². The van der Waals surface area contributed by atoms with Crippen LogP contribution in [0.3, 0.4) is 0 Å². The summed E-state index contributed by atoms with van der Waals surface area (Å²) in [5.41, 5.74) is 0. The second kappa shape index (κ2) is 5.05. The Hall–Kier alpha value is 0.240. The summed E-state index contributed by atoms with van der Waals surface area (Å²) in [6.45, 7) is 4.45. The van der Waals surface area contributed by atoms with Crippen LogP contribution in [0, 0.1) is 5.92 Å². The van der Waals surface area contributed by atoms with Crippen molar-refractivity contribution >= 4 is 34.5 Å². The van der Waals surface area contributed by atoms with Crippen molar-refractivity contribution in [1.82, 2.24) is 4.90 Å². The number of halogens is 2. The van der Waals surface area contributed by atoms with Gasteiger partial charge in [0.05, 0.1) is 4.34 Å². The van der Waals surface area contributed by atoms with Gasteiger partial charge in [-0.3, -0.25) is 4.90 Å². The van der Waals surface area contributed by atoms with Crippen molar-refractivity contribution in [2.75, 3.05) is 12.4 Å². The Kier molecular flexibility index (Phi) is 3.94. The second-order valence-electron chi connectivity index (χ2n) is 4.16. The third kappa shape index (κ3) is 2.68. The number of alkyl halides is 1. The van der Waals surface area contributed by atoms with Gasteiger partial charge in [0, 0.05) is 23.3 Å². The Morgan fingerprint density at radius 1 is 1.53 bits per heavy atom. The first-order chi connectivity index (χ1) is 7.20. The van der Waals surface area contributed by atoms with E-state index in [-0.39, 0.29) is 0 Å². The predicted molar refractivity (Wildman–Crippen MR) is 68.0 cm³/mol. The van der Waals surface area contributed by atoms with E-state index in [1.54, 1.807) is 11.3 Å². The zero-order valence-corrected chi connectivity index (χ0v) is 11.1. The zero-order valence-electron chi connectivity index (χ0n) is 8.75. The minimum Gasteiger partial charge on any atom is -0.294 e. The van der Waals surface area contributed by atoms with Crippen LogP contribution < -0.4 is 0 Å². The Balaban J connectivity index is 2.00. The van der Waals surface area contributed by atoms with E-state index in [0.717, 1.165) is 29.2 Å². The molecule has 2 atom stereocenters. The summed E-state index contributed by atoms with van der Waals surface area (Å²) in [5.74, 6) is 1.46. The van der Waals surface area contributed by atoms with E-state index in [1.165, 1.54) is 11.3 Å². The largest absolute Gasteiger partial charge is 0.294 e. The smallest absolute Gasteiger partial charge is 0.0931 e. The van der Waals surface area contributed by atoms with Gasteiger partial charge in [0.2, 0.25) is 0 Å². The molecule has 1 aliphatic heterocycles. The first-order valence-electron chi connectivity index (χ1n) is 5.25. The molecule has 1 fully saturated rings. The van der Waals surface area contributed by atoms with E-state index < -0.39 is 0 Å². The third-order valence-corrected chi connectivity index (χ3v) is 4.68. The minimum absolute atomic E-state index is 0.535. The Morgan fingerprint density at radius 3 is 2.93 bits per heavy atom. The van der Waals surface area contributed by atoms with Crippen molar-refractivity contribution in [2.24, 2.45) is 5.92 Å². The summed E-state index contributed by atoms with van der Waals surface area (Å²) >= 11 is 13.6. The van der Waals surface area contributed by atoms with E-state index in [9.17, 15) is 0 Å². The number of hydrogen-bond acceptors (Lipinski definition) is 2. The summed E-state index contributed by atoms with van der Waals surface area (Å²) in [6, 6.07) is 4.62. The highest BCUT2D eigenvalue weighted by Gasteiger charge is 2.30. The monoisotopic (exact) mass is 263 g/mol. The van der Waals surface area contributed by atoms with Crippen LogP contribution in [0.5, 0.6) is 0 Å². The number of likely N-dealkylation sites (tertiary alicyclic amines) is 1. The van der Waals surface area contributed by atoms with Crippen LogP contribution >= 0.6 is 34.5 Å². The van der Waals surface area contributed by atoms with E-state index in [4.69, 9.17) is 23.2 Å². The lowest BCUT2D eigenvalue weighted by atomic mass is 10.1. The molecule has 1 aromatic heterocycles. The first kappa shape index (κ1) is 11.7. The fourth-order valence-electron chi connectivity index (χ4n) is 2.17. The molecule has 2 unspecified atom stereocenters. The molecular formula is C11H15Cl2NS. The molecule has 0 saturated carbocycles. The quantitative estimate of drug-likeness (QED) is 0.749. The fraction of sp³-hybridized carbons (Fsp3) is 0.636. The molecule has 1 nitrogen and oxygen atoms in total. The maximum atomic E-state index is 6.00. The topological polar surface area (TPSA) is 3.24 Å². The number of thiophene rings is 1. The van der Waals surface area contributed by atoms with Gasteiger partial charge in [-0.2, -0.15) is 0 Å². The number of rotatable bonds is 3. The average Bonchev–Trinajstić information content (AvgIpc) is 2.75. The Bertz CT molecular complexity index is 326. The normalized spacial score (nSPS) is 27.4. The maximum absolute atomic E-state index is 6.00. The Morgan fingerprint density at radius 2 is 2.33 bits per heavy atom. The molecular weight excluding hydrogens is 249 g/mol. The Labute approximate surface area is 105 Å². The van der Waals surface area contributed by atoms with Crippen LogP contribution in [-0.4, -0.2) is 23.4 Å². The maximum Gasteiger partial charge on any atom is 0.0931 e. The van der Waals surface area contributed by atoms with Gasteiger partial charge >= 0.3 is 0 Å². The highest BCUT2D eigenvalue weighted by Crippen LogP contribution is 2.29. The van der Waals surface area contributed by atoms with Crippen LogP contribution in [0.25, 0.3) is 0 Å². The molecule has 0 bridgehead atoms. The van der Waals surface area contributed by atoms with E-state index in [1.807, 2.05) is 6.07 Å². The molecule has 0 N–H and O–H groups in total. The lowest BCUT2D eigenvalue weighted by molar-refractivity contribution is 0.244. The van der Waals surface area contributed by atoms with E-state index >= 15 is 0 Å². The highest BCUT2D eigenvalue weighted by atomic mass is 35.5. The summed E-state index contributed by atoms with van der Waals surface area (Å²) in [6.07, 6.45) is 1.26. The van der Waals surface area contributed by atoms with Gasteiger partial charge in [-0.25, -0.2) is 0 Å². The lowest BCUT2D eigenvalue weighted by Crippen LogP contribution is -2.32. The molecule has 0 spiro atoms. The molecule has 15 heavy (non-hydrogen) atoms. The number of hydrogen-bond donors (Lipinski definition) is 0. The molecule has 2 rings (SSSR count). The van der Waals surface area contributed by atoms with Gasteiger partial charge in [0.1, 0.15) is 0 Å². The van der Waals surface area contributed by atoms with Gasteiger partial charge in [-0.1, -0.05) is 18.5 Å². The molecule has 0 aliphatic carbocycles. The summed E-state index contributed by atoms with van der Waals surface area (Å²) < 4.78 is 0.875. The molecule has 84 valence electrons. The molecule has 0 amide bonds. The predicted octanol–water partition coefficient (Wildman–Crippen LogP) is 3.85. The van der Waals surface area contributed by atoms with Crippen LogP contribution in [0.1, 0.15) is 18.2 Å². The fourth-order valence-corrected chi connectivity index (χ4v) is 3.78. The van der Waals surface area contributed by atoms with Crippen LogP contribution in [0.2, 0.25) is 4.34 Å². The van der Waals surface area contributed by atoms with Gasteiger partial charge in [0.15, 0.2) is 0 Å². The zero-order chi connectivity index (χ0) is 10.8. The summed E-state index contributed by atoms with van der Waals surface area (Å²) in [4.78, 5) is 3.81. The van der Waals surface area contributed by atoms with Crippen molar-refractivity contribution in [3.8, 4) is 0 Å². The second-order valence-corrected chi connectivity index (χ2v) is 6.27. The summed E-state index contributed by atoms with van der Waals surface area (Å²) in [7, 11) is 0. The van der Waals surface area contributed by atoms with Gasteiger partial charge in [-0.15, -0.1) is 22.9 Å². The van der Waals surface area contributed by atoms with Crippen LogP contribution in [0.15, 0.2) is 12.1 Å². The van der Waals surface area contributed by atoms with Gasteiger partial charge in [-0.05, 0) is 31.0 Å². The van der Waals surface area contributed by atoms with Gasteiger partial charge < -0.3 is 0 Å². The van der Waals surface area contributed by atoms with Gasteiger partial charge in [0.25, 0.3) is 0 Å². The molecule has 1 aromatic rings. The standard InChI is InChI=1S/C11H15Cl2NS/c1-8-4-5-14(10(8)6-12)7-9-2-3-11(13)15-9/h2-3,8,10H,4-7H2,1H3. The molecule has 1 saturated heterocycles. The average molecular weight is 264 g/mol. The van der Waals surface area contributed by atoms with Crippen LogP contribution in [0.4, 0.5) is 0 Å².